The zero-order valence-corrected chi connectivity index (χ0v) is 17.0. The van der Waals surface area contributed by atoms with E-state index in [0.29, 0.717) is 12.3 Å². The molecule has 1 amide bonds. The number of hydrogen-bond acceptors (Lipinski definition) is 3. The number of carbonyl (C=O) groups is 1. The van der Waals surface area contributed by atoms with Gasteiger partial charge in [0.2, 0.25) is 5.91 Å². The molecule has 2 aromatic carbocycles. The normalized spacial score (nSPS) is 17.0. The summed E-state index contributed by atoms with van der Waals surface area (Å²) in [4.78, 5) is 14.7. The van der Waals surface area contributed by atoms with Crippen LogP contribution in [0.3, 0.4) is 0 Å². The first-order valence-corrected chi connectivity index (χ1v) is 10.5. The van der Waals surface area contributed by atoms with Crippen LogP contribution >= 0.6 is 0 Å². The summed E-state index contributed by atoms with van der Waals surface area (Å²) >= 11 is 0. The molecule has 0 radical (unpaired) electrons. The van der Waals surface area contributed by atoms with E-state index in [0.717, 1.165) is 44.6 Å². The molecule has 1 N–H and O–H groups in total. The number of anilines is 1. The third-order valence-electron chi connectivity index (χ3n) is 5.59. The lowest BCUT2D eigenvalue weighted by molar-refractivity contribution is -0.116. The standard InChI is InChI=1S/C24H27FN4O/c25-22-10-4-5-11-23(22)27-24(30)13-12-19-7-6-14-28(16-19)17-20-15-26-29(18-20)21-8-2-1-3-9-21/h1-5,8-11,15,18-19H,6-7,12-14,16-17H2,(H,27,30). The van der Waals surface area contributed by atoms with Gasteiger partial charge in [-0.1, -0.05) is 30.3 Å². The van der Waals surface area contributed by atoms with E-state index in [1.54, 1.807) is 18.2 Å². The molecule has 0 bridgehead atoms. The predicted octanol–water partition coefficient (Wildman–Crippen LogP) is 4.64. The van der Waals surface area contributed by atoms with Crippen molar-refractivity contribution in [2.75, 3.05) is 18.4 Å². The molecular weight excluding hydrogens is 379 g/mol. The van der Waals surface area contributed by atoms with Crippen LogP contribution in [0.4, 0.5) is 10.1 Å². The number of amides is 1. The first-order chi connectivity index (χ1) is 14.7. The summed E-state index contributed by atoms with van der Waals surface area (Å²) < 4.78 is 15.6. The van der Waals surface area contributed by atoms with Crippen molar-refractivity contribution < 1.29 is 9.18 Å². The smallest absolute Gasteiger partial charge is 0.224 e. The van der Waals surface area contributed by atoms with Gasteiger partial charge in [-0.15, -0.1) is 0 Å². The highest BCUT2D eigenvalue weighted by Crippen LogP contribution is 2.23. The minimum absolute atomic E-state index is 0.124. The van der Waals surface area contributed by atoms with Crippen molar-refractivity contribution in [3.8, 4) is 5.69 Å². The van der Waals surface area contributed by atoms with E-state index in [9.17, 15) is 9.18 Å². The second kappa shape index (κ2) is 9.67. The van der Waals surface area contributed by atoms with Crippen molar-refractivity contribution >= 4 is 11.6 Å². The fraction of sp³-hybridized carbons (Fsp3) is 0.333. The van der Waals surface area contributed by atoms with Crippen LogP contribution in [0.15, 0.2) is 67.0 Å². The Morgan fingerprint density at radius 2 is 1.93 bits per heavy atom. The number of hydrogen-bond donors (Lipinski definition) is 1. The van der Waals surface area contributed by atoms with Gasteiger partial charge in [-0.25, -0.2) is 9.07 Å². The molecule has 0 aliphatic carbocycles. The molecule has 1 aromatic heterocycles. The fourth-order valence-corrected chi connectivity index (χ4v) is 4.06. The summed E-state index contributed by atoms with van der Waals surface area (Å²) in [5, 5.41) is 7.16. The average molecular weight is 407 g/mol. The Labute approximate surface area is 176 Å². The summed E-state index contributed by atoms with van der Waals surface area (Å²) in [5.74, 6) is -0.0404. The first kappa shape index (κ1) is 20.3. The van der Waals surface area contributed by atoms with Gasteiger partial charge in [0.25, 0.3) is 0 Å². The Balaban J connectivity index is 1.26. The first-order valence-electron chi connectivity index (χ1n) is 10.5. The van der Waals surface area contributed by atoms with Crippen LogP contribution in [-0.2, 0) is 11.3 Å². The van der Waals surface area contributed by atoms with Crippen LogP contribution in [-0.4, -0.2) is 33.7 Å². The third kappa shape index (κ3) is 5.33. The number of carbonyl (C=O) groups excluding carboxylic acids is 1. The van der Waals surface area contributed by atoms with Gasteiger partial charge in [-0.2, -0.15) is 5.10 Å². The van der Waals surface area contributed by atoms with E-state index in [1.165, 1.54) is 11.6 Å². The van der Waals surface area contributed by atoms with Crippen LogP contribution in [0.2, 0.25) is 0 Å². The maximum Gasteiger partial charge on any atom is 0.224 e. The van der Waals surface area contributed by atoms with Crippen LogP contribution in [0.5, 0.6) is 0 Å². The Hall–Kier alpha value is -2.99. The molecule has 3 aromatic rings. The number of para-hydroxylation sites is 2. The van der Waals surface area contributed by atoms with Gasteiger partial charge >= 0.3 is 0 Å². The molecule has 5 nitrogen and oxygen atoms in total. The molecule has 0 spiro atoms. The number of aromatic nitrogens is 2. The fourth-order valence-electron chi connectivity index (χ4n) is 4.06. The highest BCUT2D eigenvalue weighted by molar-refractivity contribution is 5.90. The summed E-state index contributed by atoms with van der Waals surface area (Å²) in [6.45, 7) is 2.91. The number of halogens is 1. The highest BCUT2D eigenvalue weighted by atomic mass is 19.1. The van der Waals surface area contributed by atoms with Gasteiger partial charge in [0.1, 0.15) is 5.82 Å². The number of benzene rings is 2. The summed E-state index contributed by atoms with van der Waals surface area (Å²) in [6, 6.07) is 16.4. The van der Waals surface area contributed by atoms with Crippen molar-refractivity contribution in [1.29, 1.82) is 0 Å². The average Bonchev–Trinajstić information content (AvgIpc) is 3.23. The van der Waals surface area contributed by atoms with Crippen molar-refractivity contribution in [1.82, 2.24) is 14.7 Å². The number of nitrogens with one attached hydrogen (secondary N) is 1. The minimum Gasteiger partial charge on any atom is -0.324 e. The molecule has 4 rings (SSSR count). The number of nitrogens with zero attached hydrogens (tertiary/aromatic N) is 3. The SMILES string of the molecule is O=C(CCC1CCCN(Cc2cnn(-c3ccccc3)c2)C1)Nc1ccccc1F. The molecule has 30 heavy (non-hydrogen) atoms. The maximum atomic E-state index is 13.7. The Morgan fingerprint density at radius 1 is 1.13 bits per heavy atom. The number of piperidine rings is 1. The van der Waals surface area contributed by atoms with Crippen molar-refractivity contribution in [2.24, 2.45) is 5.92 Å². The topological polar surface area (TPSA) is 50.2 Å². The van der Waals surface area contributed by atoms with Crippen LogP contribution < -0.4 is 5.32 Å². The maximum absolute atomic E-state index is 13.7. The third-order valence-corrected chi connectivity index (χ3v) is 5.59. The van der Waals surface area contributed by atoms with E-state index in [2.05, 4.69) is 21.5 Å². The molecule has 6 heteroatoms. The highest BCUT2D eigenvalue weighted by Gasteiger charge is 2.21. The molecule has 1 saturated heterocycles. The monoisotopic (exact) mass is 406 g/mol. The van der Waals surface area contributed by atoms with Gasteiger partial charge in [0.05, 0.1) is 17.6 Å². The molecule has 0 saturated carbocycles. The second-order valence-electron chi connectivity index (χ2n) is 7.94. The Kier molecular flexibility index (Phi) is 6.54. The quantitative estimate of drug-likeness (QED) is 0.622. The molecule has 1 aliphatic rings. The van der Waals surface area contributed by atoms with Crippen molar-refractivity contribution in [2.45, 2.75) is 32.2 Å². The van der Waals surface area contributed by atoms with Gasteiger partial charge in [-0.05, 0) is 56.0 Å². The predicted molar refractivity (Wildman–Crippen MR) is 116 cm³/mol. The van der Waals surface area contributed by atoms with Crippen LogP contribution in [0, 0.1) is 11.7 Å². The summed E-state index contributed by atoms with van der Waals surface area (Å²) in [6.07, 6.45) is 7.51. The van der Waals surface area contributed by atoms with E-state index in [4.69, 9.17) is 0 Å². The second-order valence-corrected chi connectivity index (χ2v) is 7.94. The molecule has 1 aliphatic heterocycles. The lowest BCUT2D eigenvalue weighted by Crippen LogP contribution is -2.35. The molecule has 1 atom stereocenters. The van der Waals surface area contributed by atoms with E-state index < -0.39 is 5.82 Å². The lowest BCUT2D eigenvalue weighted by atomic mass is 9.93. The zero-order valence-electron chi connectivity index (χ0n) is 17.0. The summed E-state index contributed by atoms with van der Waals surface area (Å²) in [7, 11) is 0. The number of rotatable bonds is 7. The zero-order chi connectivity index (χ0) is 20.8. The van der Waals surface area contributed by atoms with E-state index in [-0.39, 0.29) is 11.6 Å². The van der Waals surface area contributed by atoms with Gasteiger partial charge in [0.15, 0.2) is 0 Å². The summed E-state index contributed by atoms with van der Waals surface area (Å²) in [5.41, 5.74) is 2.50. The van der Waals surface area contributed by atoms with Gasteiger partial charge in [-0.3, -0.25) is 9.69 Å². The molecular formula is C24H27FN4O. The Bertz CT molecular complexity index is 972. The molecule has 156 valence electrons. The van der Waals surface area contributed by atoms with Crippen LogP contribution in [0.25, 0.3) is 5.69 Å². The van der Waals surface area contributed by atoms with Gasteiger partial charge in [0, 0.05) is 31.3 Å². The van der Waals surface area contributed by atoms with Gasteiger partial charge < -0.3 is 5.32 Å². The van der Waals surface area contributed by atoms with E-state index >= 15 is 0 Å². The minimum atomic E-state index is -0.397. The molecule has 1 unspecified atom stereocenters. The van der Waals surface area contributed by atoms with Crippen molar-refractivity contribution in [3.05, 3.63) is 78.4 Å². The van der Waals surface area contributed by atoms with Crippen molar-refractivity contribution in [3.63, 3.8) is 0 Å². The van der Waals surface area contributed by atoms with E-state index in [1.807, 2.05) is 41.2 Å². The molecule has 1 fully saturated rings. The Morgan fingerprint density at radius 3 is 2.77 bits per heavy atom. The van der Waals surface area contributed by atoms with Crippen LogP contribution in [0.1, 0.15) is 31.2 Å². The largest absolute Gasteiger partial charge is 0.324 e. The molecule has 2 heterocycles. The number of likely N-dealkylation sites (tertiary alicyclic amines) is 1. The lowest BCUT2D eigenvalue weighted by Gasteiger charge is -2.32.